The number of nitrogens with zero attached hydrogens (tertiary/aromatic N) is 2. The number of amides is 1. The molecule has 4 heteroatoms. The lowest BCUT2D eigenvalue weighted by atomic mass is 10.1. The third-order valence-corrected chi connectivity index (χ3v) is 3.86. The Hall–Kier alpha value is -1.55. The number of anilines is 1. The molecule has 1 fully saturated rings. The SMILES string of the molecule is Cc1cc(N2CCCC2C(=O)N(C)C)ccc1CN. The largest absolute Gasteiger partial charge is 0.360 e. The summed E-state index contributed by atoms with van der Waals surface area (Å²) in [5, 5.41) is 0. The Labute approximate surface area is 115 Å². The number of likely N-dealkylation sites (N-methyl/N-ethyl adjacent to an activating group) is 1. The molecule has 1 amide bonds. The molecule has 1 atom stereocenters. The molecule has 1 aromatic rings. The van der Waals surface area contributed by atoms with Crippen LogP contribution in [0.25, 0.3) is 0 Å². The van der Waals surface area contributed by atoms with Crippen LogP contribution in [-0.2, 0) is 11.3 Å². The second-order valence-electron chi connectivity index (χ2n) is 5.40. The van der Waals surface area contributed by atoms with E-state index >= 15 is 0 Å². The number of benzene rings is 1. The highest BCUT2D eigenvalue weighted by Gasteiger charge is 2.31. The molecule has 1 heterocycles. The van der Waals surface area contributed by atoms with Crippen LogP contribution in [0, 0.1) is 6.92 Å². The average molecular weight is 261 g/mol. The molecule has 4 nitrogen and oxygen atoms in total. The lowest BCUT2D eigenvalue weighted by Crippen LogP contribution is -2.42. The molecule has 0 spiro atoms. The molecular formula is C15H23N3O. The first-order valence-electron chi connectivity index (χ1n) is 6.82. The van der Waals surface area contributed by atoms with E-state index in [4.69, 9.17) is 5.73 Å². The molecule has 0 aromatic heterocycles. The first kappa shape index (κ1) is 13.9. The first-order valence-corrected chi connectivity index (χ1v) is 6.82. The van der Waals surface area contributed by atoms with Crippen LogP contribution in [0.1, 0.15) is 24.0 Å². The summed E-state index contributed by atoms with van der Waals surface area (Å²) in [4.78, 5) is 16.1. The van der Waals surface area contributed by atoms with E-state index in [0.717, 1.165) is 25.1 Å². The van der Waals surface area contributed by atoms with Gasteiger partial charge in [0.2, 0.25) is 5.91 Å². The maximum Gasteiger partial charge on any atom is 0.244 e. The Kier molecular flexibility index (Phi) is 4.10. The molecule has 1 unspecified atom stereocenters. The monoisotopic (exact) mass is 261 g/mol. The molecule has 2 rings (SSSR count). The Morgan fingerprint density at radius 3 is 2.79 bits per heavy atom. The van der Waals surface area contributed by atoms with Crippen molar-refractivity contribution in [3.05, 3.63) is 29.3 Å². The Morgan fingerprint density at radius 2 is 2.21 bits per heavy atom. The minimum atomic E-state index is -0.0156. The molecule has 1 aliphatic heterocycles. The smallest absolute Gasteiger partial charge is 0.244 e. The number of aryl methyl sites for hydroxylation is 1. The van der Waals surface area contributed by atoms with Crippen LogP contribution >= 0.6 is 0 Å². The van der Waals surface area contributed by atoms with Crippen molar-refractivity contribution in [2.75, 3.05) is 25.5 Å². The second-order valence-corrected chi connectivity index (χ2v) is 5.40. The zero-order valence-corrected chi connectivity index (χ0v) is 12.0. The number of carbonyl (C=O) groups is 1. The molecule has 2 N–H and O–H groups in total. The van der Waals surface area contributed by atoms with Crippen LogP contribution in [0.5, 0.6) is 0 Å². The zero-order chi connectivity index (χ0) is 14.0. The molecule has 0 radical (unpaired) electrons. The maximum absolute atomic E-state index is 12.2. The number of nitrogens with two attached hydrogens (primary N) is 1. The van der Waals surface area contributed by atoms with E-state index in [1.807, 2.05) is 14.1 Å². The summed E-state index contributed by atoms with van der Waals surface area (Å²) in [7, 11) is 3.64. The summed E-state index contributed by atoms with van der Waals surface area (Å²) < 4.78 is 0. The molecule has 0 saturated carbocycles. The van der Waals surface area contributed by atoms with Crippen molar-refractivity contribution in [2.24, 2.45) is 5.73 Å². The van der Waals surface area contributed by atoms with Gasteiger partial charge in [-0.2, -0.15) is 0 Å². The number of hydrogen-bond acceptors (Lipinski definition) is 3. The molecule has 1 saturated heterocycles. The van der Waals surface area contributed by atoms with Crippen LogP contribution in [0.2, 0.25) is 0 Å². The van der Waals surface area contributed by atoms with Gasteiger partial charge in [0.1, 0.15) is 6.04 Å². The Balaban J connectivity index is 2.25. The van der Waals surface area contributed by atoms with Gasteiger partial charge in [-0.1, -0.05) is 6.07 Å². The summed E-state index contributed by atoms with van der Waals surface area (Å²) in [5.41, 5.74) is 9.19. The van der Waals surface area contributed by atoms with Crippen molar-refractivity contribution in [1.82, 2.24) is 4.90 Å². The highest BCUT2D eigenvalue weighted by molar-refractivity contribution is 5.85. The molecular weight excluding hydrogens is 238 g/mol. The van der Waals surface area contributed by atoms with Crippen molar-refractivity contribution in [3.8, 4) is 0 Å². The van der Waals surface area contributed by atoms with Gasteiger partial charge in [0.05, 0.1) is 0 Å². The molecule has 0 aliphatic carbocycles. The zero-order valence-electron chi connectivity index (χ0n) is 12.0. The van der Waals surface area contributed by atoms with Crippen molar-refractivity contribution in [3.63, 3.8) is 0 Å². The highest BCUT2D eigenvalue weighted by Crippen LogP contribution is 2.28. The van der Waals surface area contributed by atoms with Gasteiger partial charge in [0, 0.05) is 32.9 Å². The van der Waals surface area contributed by atoms with Gasteiger partial charge in [-0.25, -0.2) is 0 Å². The predicted molar refractivity (Wildman–Crippen MR) is 78.1 cm³/mol. The van der Waals surface area contributed by atoms with Gasteiger partial charge in [-0.3, -0.25) is 4.79 Å². The van der Waals surface area contributed by atoms with Crippen LogP contribution in [-0.4, -0.2) is 37.5 Å². The van der Waals surface area contributed by atoms with Gasteiger partial charge in [0.15, 0.2) is 0 Å². The number of hydrogen-bond donors (Lipinski definition) is 1. The lowest BCUT2D eigenvalue weighted by Gasteiger charge is -2.28. The van der Waals surface area contributed by atoms with E-state index in [0.29, 0.717) is 6.54 Å². The summed E-state index contributed by atoms with van der Waals surface area (Å²) in [6.07, 6.45) is 2.01. The third kappa shape index (κ3) is 2.73. The van der Waals surface area contributed by atoms with Crippen LogP contribution < -0.4 is 10.6 Å². The topological polar surface area (TPSA) is 49.6 Å². The normalized spacial score (nSPS) is 18.7. The van der Waals surface area contributed by atoms with E-state index in [1.54, 1.807) is 4.90 Å². The summed E-state index contributed by atoms with van der Waals surface area (Å²) in [6, 6.07) is 6.28. The van der Waals surface area contributed by atoms with E-state index < -0.39 is 0 Å². The quantitative estimate of drug-likeness (QED) is 0.897. The Morgan fingerprint density at radius 1 is 1.47 bits per heavy atom. The molecule has 19 heavy (non-hydrogen) atoms. The van der Waals surface area contributed by atoms with Crippen molar-refractivity contribution >= 4 is 11.6 Å². The number of rotatable bonds is 3. The van der Waals surface area contributed by atoms with Gasteiger partial charge < -0.3 is 15.5 Å². The average Bonchev–Trinajstić information content (AvgIpc) is 2.86. The maximum atomic E-state index is 12.2. The predicted octanol–water partition coefficient (Wildman–Crippen LogP) is 1.51. The van der Waals surface area contributed by atoms with Gasteiger partial charge in [-0.15, -0.1) is 0 Å². The van der Waals surface area contributed by atoms with Crippen LogP contribution in [0.3, 0.4) is 0 Å². The third-order valence-electron chi connectivity index (χ3n) is 3.86. The fourth-order valence-corrected chi connectivity index (χ4v) is 2.72. The molecule has 1 aliphatic rings. The molecule has 1 aromatic carbocycles. The summed E-state index contributed by atoms with van der Waals surface area (Å²) in [5.74, 6) is 0.193. The van der Waals surface area contributed by atoms with Crippen molar-refractivity contribution < 1.29 is 4.79 Å². The van der Waals surface area contributed by atoms with Gasteiger partial charge in [-0.05, 0) is 43.0 Å². The van der Waals surface area contributed by atoms with E-state index in [2.05, 4.69) is 30.0 Å². The molecule has 0 bridgehead atoms. The molecule has 104 valence electrons. The van der Waals surface area contributed by atoms with E-state index in [-0.39, 0.29) is 11.9 Å². The standard InChI is InChI=1S/C15H23N3O/c1-11-9-13(7-6-12(11)10-16)18-8-4-5-14(18)15(19)17(2)3/h6-7,9,14H,4-5,8,10,16H2,1-3H3. The minimum absolute atomic E-state index is 0.0156. The number of carbonyl (C=O) groups excluding carboxylic acids is 1. The Bertz CT molecular complexity index is 470. The second kappa shape index (κ2) is 5.61. The highest BCUT2D eigenvalue weighted by atomic mass is 16.2. The van der Waals surface area contributed by atoms with E-state index in [1.165, 1.54) is 11.1 Å². The van der Waals surface area contributed by atoms with Crippen LogP contribution in [0.15, 0.2) is 18.2 Å². The van der Waals surface area contributed by atoms with E-state index in [9.17, 15) is 4.79 Å². The fourth-order valence-electron chi connectivity index (χ4n) is 2.72. The van der Waals surface area contributed by atoms with Crippen molar-refractivity contribution in [1.29, 1.82) is 0 Å². The van der Waals surface area contributed by atoms with Crippen molar-refractivity contribution in [2.45, 2.75) is 32.4 Å². The lowest BCUT2D eigenvalue weighted by molar-refractivity contribution is -0.129. The van der Waals surface area contributed by atoms with Gasteiger partial charge >= 0.3 is 0 Å². The minimum Gasteiger partial charge on any atom is -0.360 e. The van der Waals surface area contributed by atoms with Gasteiger partial charge in [0.25, 0.3) is 0 Å². The summed E-state index contributed by atoms with van der Waals surface area (Å²) in [6.45, 7) is 3.59. The van der Waals surface area contributed by atoms with Crippen LogP contribution in [0.4, 0.5) is 5.69 Å². The first-order chi connectivity index (χ1) is 9.04. The fraction of sp³-hybridized carbons (Fsp3) is 0.533. The summed E-state index contributed by atoms with van der Waals surface area (Å²) >= 11 is 0.